The number of carbonyl (C=O) groups is 1. The lowest BCUT2D eigenvalue weighted by molar-refractivity contribution is 0.256. The molecule has 0 aliphatic carbocycles. The molecule has 0 bridgehead atoms. The van der Waals surface area contributed by atoms with Crippen LogP contribution in [-0.4, -0.2) is 29.2 Å². The lowest BCUT2D eigenvalue weighted by Gasteiger charge is -2.14. The maximum atomic E-state index is 14.8. The second-order valence-corrected chi connectivity index (χ2v) is 9.37. The van der Waals surface area contributed by atoms with Crippen molar-refractivity contribution in [2.75, 3.05) is 5.32 Å². The van der Waals surface area contributed by atoms with E-state index in [1.54, 1.807) is 16.9 Å². The van der Waals surface area contributed by atoms with Gasteiger partial charge in [0.15, 0.2) is 5.75 Å². The third-order valence-electron chi connectivity index (χ3n) is 4.47. The number of amides is 2. The van der Waals surface area contributed by atoms with E-state index in [1.807, 2.05) is 0 Å². The Hall–Kier alpha value is -3.90. The number of aromatic hydroxyl groups is 2. The average Bonchev–Trinajstić information content (AvgIpc) is 3.29. The second-order valence-electron chi connectivity index (χ2n) is 6.52. The van der Waals surface area contributed by atoms with Gasteiger partial charge >= 0.3 is 11.6 Å². The zero-order chi connectivity index (χ0) is 23.0. The minimum absolute atomic E-state index is 0.0693. The second kappa shape index (κ2) is 7.98. The average molecular weight is 475 g/mol. The fourth-order valence-electron chi connectivity index (χ4n) is 3.06. The predicted octanol–water partition coefficient (Wildman–Crippen LogP) is 3.11. The zero-order valence-corrected chi connectivity index (χ0v) is 17.6. The van der Waals surface area contributed by atoms with Gasteiger partial charge in [-0.1, -0.05) is 24.3 Å². The molecule has 0 saturated heterocycles. The molecule has 0 spiro atoms. The van der Waals surface area contributed by atoms with Crippen molar-refractivity contribution in [1.82, 2.24) is 9.29 Å². The molecular formula is C20H14FN3O6S2. The topological polar surface area (TPSA) is 138 Å². The first-order valence-corrected chi connectivity index (χ1v) is 11.3. The van der Waals surface area contributed by atoms with Crippen molar-refractivity contribution in [3.63, 3.8) is 0 Å². The van der Waals surface area contributed by atoms with E-state index >= 15 is 0 Å². The number of hydrogen-bond donors (Lipinski definition) is 4. The number of carbonyl (C=O) groups excluding carboxylic acids is 1. The number of pyridine rings is 1. The SMILES string of the molecule is O=C(Nc1ccc(-n2c(O)c3ccccc3c(O)c2=O)c(F)c1)NS(=O)(=O)c1cccs1. The number of nitrogens with one attached hydrogen (secondary N) is 2. The van der Waals surface area contributed by atoms with Crippen molar-refractivity contribution < 1.29 is 27.8 Å². The lowest BCUT2D eigenvalue weighted by Crippen LogP contribution is -2.34. The lowest BCUT2D eigenvalue weighted by atomic mass is 10.1. The molecule has 9 nitrogen and oxygen atoms in total. The van der Waals surface area contributed by atoms with E-state index < -0.39 is 39.1 Å². The molecular weight excluding hydrogens is 461 g/mol. The Balaban J connectivity index is 1.65. The highest BCUT2D eigenvalue weighted by atomic mass is 32.2. The highest BCUT2D eigenvalue weighted by Gasteiger charge is 2.21. The molecule has 0 unspecified atom stereocenters. The van der Waals surface area contributed by atoms with Crippen LogP contribution in [0.1, 0.15) is 0 Å². The van der Waals surface area contributed by atoms with Crippen molar-refractivity contribution in [3.05, 3.63) is 76.1 Å². The monoisotopic (exact) mass is 475 g/mol. The Labute approximate surface area is 184 Å². The Morgan fingerprint density at radius 2 is 1.75 bits per heavy atom. The fourth-order valence-corrected chi connectivity index (χ4v) is 4.96. The Morgan fingerprint density at radius 1 is 1.03 bits per heavy atom. The molecule has 0 fully saturated rings. The number of halogens is 1. The minimum atomic E-state index is -4.08. The number of thiophene rings is 1. The van der Waals surface area contributed by atoms with Crippen molar-refractivity contribution in [2.45, 2.75) is 4.21 Å². The molecule has 0 saturated carbocycles. The Kier molecular flexibility index (Phi) is 5.32. The molecule has 4 aromatic rings. The standard InChI is InChI=1S/C20H14FN3O6S2/c21-14-10-11(22-20(28)23-32(29,30)16-6-3-9-31-16)7-8-15(14)24-18(26)13-5-2-1-4-12(13)17(25)19(24)27/h1-10,25-26H,(H2,22,23,28). The summed E-state index contributed by atoms with van der Waals surface area (Å²) in [6.07, 6.45) is 0. The van der Waals surface area contributed by atoms with Crippen LogP contribution in [0.25, 0.3) is 16.5 Å². The zero-order valence-electron chi connectivity index (χ0n) is 15.9. The summed E-state index contributed by atoms with van der Waals surface area (Å²) in [5, 5.41) is 24.6. The summed E-state index contributed by atoms with van der Waals surface area (Å²) >= 11 is 0.918. The van der Waals surface area contributed by atoms with Gasteiger partial charge in [0.25, 0.3) is 10.0 Å². The number of aromatic nitrogens is 1. The van der Waals surface area contributed by atoms with E-state index in [1.165, 1.54) is 35.7 Å². The Morgan fingerprint density at radius 3 is 2.41 bits per heavy atom. The number of rotatable bonds is 4. The summed E-state index contributed by atoms with van der Waals surface area (Å²) in [6, 6.07) is 10.9. The van der Waals surface area contributed by atoms with Crippen LogP contribution in [0.4, 0.5) is 14.9 Å². The first-order valence-electron chi connectivity index (χ1n) is 8.92. The first-order chi connectivity index (χ1) is 15.2. The van der Waals surface area contributed by atoms with Gasteiger partial charge in [-0.05, 0) is 35.7 Å². The number of nitrogens with zero attached hydrogens (tertiary/aromatic N) is 1. The van der Waals surface area contributed by atoms with Gasteiger partial charge in [-0.3, -0.25) is 4.79 Å². The number of fused-ring (bicyclic) bond motifs is 1. The molecule has 4 N–H and O–H groups in total. The molecule has 0 aliphatic rings. The van der Waals surface area contributed by atoms with E-state index in [4.69, 9.17) is 0 Å². The minimum Gasteiger partial charge on any atom is -0.503 e. The molecule has 164 valence electrons. The fraction of sp³-hybridized carbons (Fsp3) is 0. The van der Waals surface area contributed by atoms with Crippen LogP contribution in [0.3, 0.4) is 0 Å². The number of urea groups is 1. The molecule has 0 atom stereocenters. The molecule has 32 heavy (non-hydrogen) atoms. The van der Waals surface area contributed by atoms with E-state index in [0.717, 1.165) is 23.5 Å². The van der Waals surface area contributed by atoms with Crippen LogP contribution in [0.15, 0.2) is 69.0 Å². The van der Waals surface area contributed by atoms with Gasteiger partial charge in [-0.2, -0.15) is 0 Å². The summed E-state index contributed by atoms with van der Waals surface area (Å²) in [5.74, 6) is -2.27. The number of hydrogen-bond acceptors (Lipinski definition) is 7. The van der Waals surface area contributed by atoms with Crippen molar-refractivity contribution in [2.24, 2.45) is 0 Å². The van der Waals surface area contributed by atoms with Crippen LogP contribution in [0, 0.1) is 5.82 Å². The van der Waals surface area contributed by atoms with Crippen molar-refractivity contribution >= 4 is 43.9 Å². The predicted molar refractivity (Wildman–Crippen MR) is 116 cm³/mol. The van der Waals surface area contributed by atoms with E-state index in [0.29, 0.717) is 4.57 Å². The highest BCUT2D eigenvalue weighted by Crippen LogP contribution is 2.31. The van der Waals surface area contributed by atoms with Crippen molar-refractivity contribution in [3.8, 4) is 17.3 Å². The summed E-state index contributed by atoms with van der Waals surface area (Å²) in [7, 11) is -4.08. The number of anilines is 1. The summed E-state index contributed by atoms with van der Waals surface area (Å²) in [5.41, 5.74) is -1.53. The van der Waals surface area contributed by atoms with Gasteiger partial charge in [-0.25, -0.2) is 26.9 Å². The quantitative estimate of drug-likeness (QED) is 0.358. The third kappa shape index (κ3) is 3.76. The first kappa shape index (κ1) is 21.3. The molecule has 12 heteroatoms. The van der Waals surface area contributed by atoms with Gasteiger partial charge < -0.3 is 15.5 Å². The molecule has 0 aliphatic heterocycles. The number of benzene rings is 2. The molecule has 2 amide bonds. The molecule has 0 radical (unpaired) electrons. The summed E-state index contributed by atoms with van der Waals surface area (Å²) in [4.78, 5) is 24.6. The smallest absolute Gasteiger partial charge is 0.333 e. The van der Waals surface area contributed by atoms with Crippen molar-refractivity contribution in [1.29, 1.82) is 0 Å². The van der Waals surface area contributed by atoms with Gasteiger partial charge in [0.05, 0.1) is 5.69 Å². The van der Waals surface area contributed by atoms with E-state index in [9.17, 15) is 32.6 Å². The van der Waals surface area contributed by atoms with Gasteiger partial charge in [-0.15, -0.1) is 11.3 Å². The van der Waals surface area contributed by atoms with E-state index in [2.05, 4.69) is 5.32 Å². The van der Waals surface area contributed by atoms with Gasteiger partial charge in [0.1, 0.15) is 10.0 Å². The molecule has 2 heterocycles. The maximum Gasteiger partial charge on any atom is 0.333 e. The van der Waals surface area contributed by atoms with Crippen LogP contribution in [0.2, 0.25) is 0 Å². The summed E-state index contributed by atoms with van der Waals surface area (Å²) < 4.78 is 41.3. The van der Waals surface area contributed by atoms with E-state index in [-0.39, 0.29) is 26.4 Å². The van der Waals surface area contributed by atoms with Crippen LogP contribution < -0.4 is 15.6 Å². The number of sulfonamides is 1. The van der Waals surface area contributed by atoms with Gasteiger partial charge in [0.2, 0.25) is 5.88 Å². The maximum absolute atomic E-state index is 14.8. The van der Waals surface area contributed by atoms with Crippen LogP contribution >= 0.6 is 11.3 Å². The molecule has 2 aromatic heterocycles. The normalized spacial score (nSPS) is 11.4. The highest BCUT2D eigenvalue weighted by molar-refractivity contribution is 7.92. The third-order valence-corrected chi connectivity index (χ3v) is 7.20. The Bertz CT molecular complexity index is 1510. The molecule has 2 aromatic carbocycles. The summed E-state index contributed by atoms with van der Waals surface area (Å²) in [6.45, 7) is 0. The molecule has 4 rings (SSSR count). The largest absolute Gasteiger partial charge is 0.503 e. The van der Waals surface area contributed by atoms with Crippen LogP contribution in [0.5, 0.6) is 11.6 Å². The van der Waals surface area contributed by atoms with Crippen LogP contribution in [-0.2, 0) is 10.0 Å². The van der Waals surface area contributed by atoms with Gasteiger partial charge in [0, 0.05) is 16.5 Å².